The van der Waals surface area contributed by atoms with Gasteiger partial charge in [-0.1, -0.05) is 23.3 Å². The molecule has 0 saturated heterocycles. The van der Waals surface area contributed by atoms with Crippen molar-refractivity contribution in [2.24, 2.45) is 0 Å². The van der Waals surface area contributed by atoms with E-state index in [1.807, 2.05) is 19.1 Å². The Morgan fingerprint density at radius 2 is 2.22 bits per heavy atom. The summed E-state index contributed by atoms with van der Waals surface area (Å²) in [6.45, 7) is 5.68. The van der Waals surface area contributed by atoms with E-state index < -0.39 is 11.2 Å². The predicted octanol–water partition coefficient (Wildman–Crippen LogP) is 2.32. The number of aliphatic hydroxyl groups is 3. The van der Waals surface area contributed by atoms with Crippen molar-refractivity contribution in [1.82, 2.24) is 0 Å². The van der Waals surface area contributed by atoms with Crippen LogP contribution in [-0.2, 0) is 0 Å². The van der Waals surface area contributed by atoms with Crippen molar-refractivity contribution in [2.75, 3.05) is 6.61 Å². The molecule has 0 aromatic heterocycles. The van der Waals surface area contributed by atoms with Crippen LogP contribution >= 0.6 is 0 Å². The van der Waals surface area contributed by atoms with Crippen LogP contribution in [0.15, 0.2) is 23.3 Å². The Hall–Kier alpha value is -0.640. The molecule has 1 rings (SSSR count). The topological polar surface area (TPSA) is 60.7 Å². The highest BCUT2D eigenvalue weighted by atomic mass is 16.4. The molecule has 2 atom stereocenters. The van der Waals surface area contributed by atoms with E-state index in [0.717, 1.165) is 12.0 Å². The van der Waals surface area contributed by atoms with Gasteiger partial charge in [0.15, 0.2) is 0 Å². The van der Waals surface area contributed by atoms with E-state index in [2.05, 4.69) is 6.92 Å². The number of hydrogen-bond acceptors (Lipinski definition) is 3. The zero-order valence-corrected chi connectivity index (χ0v) is 11.7. The van der Waals surface area contributed by atoms with Crippen LogP contribution in [0.25, 0.3) is 0 Å². The van der Waals surface area contributed by atoms with Crippen LogP contribution in [-0.4, -0.2) is 33.1 Å². The second-order valence-electron chi connectivity index (χ2n) is 5.81. The SMILES string of the molecule is CC(=CCCC(C)(O)C1(O)CC=C(C)CC1)CO. The number of hydrogen-bond donors (Lipinski definition) is 3. The van der Waals surface area contributed by atoms with Gasteiger partial charge in [0.05, 0.1) is 17.8 Å². The van der Waals surface area contributed by atoms with Crippen LogP contribution in [0.4, 0.5) is 0 Å². The molecule has 0 amide bonds. The first-order chi connectivity index (χ1) is 8.31. The Kier molecular flexibility index (Phi) is 5.14. The van der Waals surface area contributed by atoms with Gasteiger partial charge in [-0.2, -0.15) is 0 Å². The van der Waals surface area contributed by atoms with E-state index in [4.69, 9.17) is 5.11 Å². The molecular formula is C15H26O3. The molecule has 1 aliphatic rings. The van der Waals surface area contributed by atoms with Gasteiger partial charge in [-0.25, -0.2) is 0 Å². The fraction of sp³-hybridized carbons (Fsp3) is 0.733. The average Bonchev–Trinajstić information content (AvgIpc) is 2.32. The van der Waals surface area contributed by atoms with Gasteiger partial charge in [0.1, 0.15) is 0 Å². The molecule has 0 spiro atoms. The third-order valence-electron chi connectivity index (χ3n) is 4.10. The van der Waals surface area contributed by atoms with Gasteiger partial charge in [0, 0.05) is 0 Å². The minimum Gasteiger partial charge on any atom is -0.392 e. The van der Waals surface area contributed by atoms with E-state index in [1.165, 1.54) is 5.57 Å². The van der Waals surface area contributed by atoms with E-state index >= 15 is 0 Å². The standard InChI is InChI=1S/C15H26O3/c1-12-6-9-15(18,10-7-12)14(3,17)8-4-5-13(2)11-16/h5-6,16-18H,4,7-11H2,1-3H3. The predicted molar refractivity (Wildman–Crippen MR) is 73.3 cm³/mol. The quantitative estimate of drug-likeness (QED) is 0.660. The summed E-state index contributed by atoms with van der Waals surface area (Å²) < 4.78 is 0. The number of aliphatic hydroxyl groups excluding tert-OH is 1. The van der Waals surface area contributed by atoms with Crippen LogP contribution in [0.5, 0.6) is 0 Å². The molecule has 0 aromatic carbocycles. The van der Waals surface area contributed by atoms with E-state index in [9.17, 15) is 10.2 Å². The summed E-state index contributed by atoms with van der Waals surface area (Å²) in [5.41, 5.74) is 0.0767. The molecule has 0 saturated carbocycles. The molecule has 104 valence electrons. The highest BCUT2D eigenvalue weighted by molar-refractivity contribution is 5.13. The molecule has 3 heteroatoms. The molecule has 2 unspecified atom stereocenters. The van der Waals surface area contributed by atoms with E-state index in [-0.39, 0.29) is 6.61 Å². The maximum Gasteiger partial charge on any atom is 0.0968 e. The summed E-state index contributed by atoms with van der Waals surface area (Å²) in [4.78, 5) is 0. The molecule has 18 heavy (non-hydrogen) atoms. The lowest BCUT2D eigenvalue weighted by Gasteiger charge is -2.43. The molecule has 0 aromatic rings. The third-order valence-corrected chi connectivity index (χ3v) is 4.10. The van der Waals surface area contributed by atoms with Crippen LogP contribution in [0.3, 0.4) is 0 Å². The van der Waals surface area contributed by atoms with Gasteiger partial charge in [0.2, 0.25) is 0 Å². The molecule has 0 radical (unpaired) electrons. The van der Waals surface area contributed by atoms with Crippen LogP contribution in [0.1, 0.15) is 52.9 Å². The highest BCUT2D eigenvalue weighted by Crippen LogP contribution is 2.38. The monoisotopic (exact) mass is 254 g/mol. The Morgan fingerprint density at radius 1 is 1.56 bits per heavy atom. The van der Waals surface area contributed by atoms with Crippen molar-refractivity contribution in [3.8, 4) is 0 Å². The second kappa shape index (κ2) is 6.00. The van der Waals surface area contributed by atoms with Crippen molar-refractivity contribution in [3.63, 3.8) is 0 Å². The van der Waals surface area contributed by atoms with Crippen molar-refractivity contribution in [3.05, 3.63) is 23.3 Å². The van der Waals surface area contributed by atoms with Gasteiger partial charge >= 0.3 is 0 Å². The molecule has 0 bridgehead atoms. The molecule has 0 heterocycles. The molecule has 3 nitrogen and oxygen atoms in total. The lowest BCUT2D eigenvalue weighted by atomic mass is 9.72. The second-order valence-corrected chi connectivity index (χ2v) is 5.81. The van der Waals surface area contributed by atoms with Crippen molar-refractivity contribution >= 4 is 0 Å². The molecule has 3 N–H and O–H groups in total. The minimum atomic E-state index is -1.09. The maximum atomic E-state index is 10.6. The molecular weight excluding hydrogens is 228 g/mol. The average molecular weight is 254 g/mol. The number of allylic oxidation sites excluding steroid dienone is 2. The summed E-state index contributed by atoms with van der Waals surface area (Å²) in [5, 5.41) is 30.0. The minimum absolute atomic E-state index is 0.0499. The largest absolute Gasteiger partial charge is 0.392 e. The lowest BCUT2D eigenvalue weighted by molar-refractivity contribution is -0.149. The van der Waals surface area contributed by atoms with E-state index in [1.54, 1.807) is 6.92 Å². The fourth-order valence-electron chi connectivity index (χ4n) is 2.34. The first kappa shape index (κ1) is 15.4. The third kappa shape index (κ3) is 3.67. The summed E-state index contributed by atoms with van der Waals surface area (Å²) >= 11 is 0. The van der Waals surface area contributed by atoms with Gasteiger partial charge in [-0.05, 0) is 52.9 Å². The zero-order chi connectivity index (χ0) is 13.8. The fourth-order valence-corrected chi connectivity index (χ4v) is 2.34. The molecule has 0 fully saturated rings. The first-order valence-corrected chi connectivity index (χ1v) is 6.68. The van der Waals surface area contributed by atoms with Crippen molar-refractivity contribution in [1.29, 1.82) is 0 Å². The van der Waals surface area contributed by atoms with Crippen LogP contribution in [0.2, 0.25) is 0 Å². The Bertz CT molecular complexity index is 342. The summed E-state index contributed by atoms with van der Waals surface area (Å²) in [7, 11) is 0. The highest BCUT2D eigenvalue weighted by Gasteiger charge is 2.44. The first-order valence-electron chi connectivity index (χ1n) is 6.68. The van der Waals surface area contributed by atoms with Crippen molar-refractivity contribution in [2.45, 2.75) is 64.1 Å². The van der Waals surface area contributed by atoms with Crippen LogP contribution < -0.4 is 0 Å². The van der Waals surface area contributed by atoms with E-state index in [0.29, 0.717) is 25.7 Å². The molecule has 0 aliphatic heterocycles. The maximum absolute atomic E-state index is 10.6. The molecule has 1 aliphatic carbocycles. The van der Waals surface area contributed by atoms with Crippen molar-refractivity contribution < 1.29 is 15.3 Å². The summed E-state index contributed by atoms with van der Waals surface area (Å²) in [5.74, 6) is 0. The Morgan fingerprint density at radius 3 is 2.72 bits per heavy atom. The van der Waals surface area contributed by atoms with Gasteiger partial charge in [-0.15, -0.1) is 0 Å². The number of rotatable bonds is 5. The summed E-state index contributed by atoms with van der Waals surface area (Å²) in [6, 6.07) is 0. The van der Waals surface area contributed by atoms with Gasteiger partial charge < -0.3 is 15.3 Å². The van der Waals surface area contributed by atoms with Crippen LogP contribution in [0, 0.1) is 0 Å². The Balaban J connectivity index is 2.63. The smallest absolute Gasteiger partial charge is 0.0968 e. The lowest BCUT2D eigenvalue weighted by Crippen LogP contribution is -2.52. The summed E-state index contributed by atoms with van der Waals surface area (Å²) in [6.07, 6.45) is 7.10. The van der Waals surface area contributed by atoms with Gasteiger partial charge in [0.25, 0.3) is 0 Å². The zero-order valence-electron chi connectivity index (χ0n) is 11.7. The normalized spacial score (nSPS) is 28.8. The van der Waals surface area contributed by atoms with Gasteiger partial charge in [-0.3, -0.25) is 0 Å². The Labute approximate surface area is 110 Å².